The molecule has 0 bridgehead atoms. The third-order valence-electron chi connectivity index (χ3n) is 5.56. The summed E-state index contributed by atoms with van der Waals surface area (Å²) in [6.07, 6.45) is 3.00. The smallest absolute Gasteiger partial charge is 0.322 e. The van der Waals surface area contributed by atoms with Crippen LogP contribution in [0.1, 0.15) is 32.7 Å². The Morgan fingerprint density at radius 2 is 1.65 bits per heavy atom. The van der Waals surface area contributed by atoms with Crippen LogP contribution in [-0.4, -0.2) is 26.7 Å². The van der Waals surface area contributed by atoms with E-state index >= 15 is 0 Å². The molecule has 0 radical (unpaired) electrons. The van der Waals surface area contributed by atoms with E-state index in [1.807, 2.05) is 60.8 Å². The summed E-state index contributed by atoms with van der Waals surface area (Å²) in [7, 11) is 0. The van der Waals surface area contributed by atoms with Gasteiger partial charge in [-0.05, 0) is 49.7 Å². The highest BCUT2D eigenvalue weighted by atomic mass is 19.4. The first-order valence-corrected chi connectivity index (χ1v) is 10.6. The number of aryl methyl sites for hydroxylation is 2. The van der Waals surface area contributed by atoms with Crippen molar-refractivity contribution in [2.24, 2.45) is 0 Å². The summed E-state index contributed by atoms with van der Waals surface area (Å²) in [4.78, 5) is 19.5. The average molecular weight is 461 g/mol. The quantitative estimate of drug-likeness (QED) is 0.347. The van der Waals surface area contributed by atoms with Crippen molar-refractivity contribution >= 4 is 11.6 Å². The molecule has 0 fully saturated rings. The maximum atomic E-state index is 13.2. The fourth-order valence-corrected chi connectivity index (χ4v) is 3.77. The van der Waals surface area contributed by atoms with E-state index in [9.17, 15) is 18.0 Å². The number of nitrogens with zero attached hydrogens (tertiary/aromatic N) is 3. The van der Waals surface area contributed by atoms with Gasteiger partial charge in [-0.3, -0.25) is 4.79 Å². The highest BCUT2D eigenvalue weighted by Crippen LogP contribution is 2.30. The second kappa shape index (κ2) is 9.06. The predicted molar refractivity (Wildman–Crippen MR) is 125 cm³/mol. The van der Waals surface area contributed by atoms with Gasteiger partial charge in [-0.2, -0.15) is 13.2 Å². The molecule has 1 amide bonds. The molecule has 0 saturated carbocycles. The minimum atomic E-state index is -4.47. The summed E-state index contributed by atoms with van der Waals surface area (Å²) in [6, 6.07) is 15.9. The average Bonchev–Trinajstić information content (AvgIpc) is 3.15. The van der Waals surface area contributed by atoms with Gasteiger partial charge in [-0.25, -0.2) is 4.98 Å². The topological polar surface area (TPSA) is 37.6 Å². The molecule has 7 heteroatoms. The van der Waals surface area contributed by atoms with E-state index in [-0.39, 0.29) is 18.7 Å². The zero-order chi connectivity index (χ0) is 24.5. The number of imidazole rings is 1. The molecular weight excluding hydrogens is 439 g/mol. The van der Waals surface area contributed by atoms with Crippen molar-refractivity contribution < 1.29 is 18.0 Å². The first-order chi connectivity index (χ1) is 16.2. The summed E-state index contributed by atoms with van der Waals surface area (Å²) < 4.78 is 40.7. The minimum absolute atomic E-state index is 0.00770. The molecule has 0 spiro atoms. The van der Waals surface area contributed by atoms with Gasteiger partial charge in [-0.15, -0.1) is 6.42 Å². The molecule has 0 N–H and O–H groups in total. The van der Waals surface area contributed by atoms with Gasteiger partial charge >= 0.3 is 6.18 Å². The molecule has 0 saturated heterocycles. The van der Waals surface area contributed by atoms with E-state index in [2.05, 4.69) is 5.92 Å². The molecular formula is C27H22F3N3O. The number of hydrogen-bond donors (Lipinski definition) is 0. The molecule has 2 aromatic heterocycles. The monoisotopic (exact) mass is 461 g/mol. The van der Waals surface area contributed by atoms with E-state index in [0.717, 1.165) is 40.2 Å². The van der Waals surface area contributed by atoms with Crippen molar-refractivity contribution in [1.29, 1.82) is 0 Å². The summed E-state index contributed by atoms with van der Waals surface area (Å²) >= 11 is 0. The first kappa shape index (κ1) is 23.1. The highest BCUT2D eigenvalue weighted by Gasteiger charge is 2.30. The van der Waals surface area contributed by atoms with Crippen molar-refractivity contribution in [3.63, 3.8) is 0 Å². The zero-order valence-electron chi connectivity index (χ0n) is 18.7. The number of pyridine rings is 1. The third kappa shape index (κ3) is 4.67. The van der Waals surface area contributed by atoms with Gasteiger partial charge in [0.1, 0.15) is 5.65 Å². The van der Waals surface area contributed by atoms with Crippen LogP contribution in [0.15, 0.2) is 66.9 Å². The lowest BCUT2D eigenvalue weighted by atomic mass is 10.1. The predicted octanol–water partition coefficient (Wildman–Crippen LogP) is 5.91. The van der Waals surface area contributed by atoms with Crippen molar-refractivity contribution in [1.82, 2.24) is 14.3 Å². The van der Waals surface area contributed by atoms with E-state index in [1.165, 1.54) is 17.0 Å². The van der Waals surface area contributed by atoms with E-state index < -0.39 is 17.6 Å². The fraction of sp³-hybridized carbons (Fsp3) is 0.185. The Morgan fingerprint density at radius 3 is 2.26 bits per heavy atom. The molecule has 2 aromatic carbocycles. The maximum Gasteiger partial charge on any atom is 0.416 e. The van der Waals surface area contributed by atoms with E-state index in [4.69, 9.17) is 11.4 Å². The van der Waals surface area contributed by atoms with Crippen LogP contribution < -0.4 is 0 Å². The molecule has 34 heavy (non-hydrogen) atoms. The van der Waals surface area contributed by atoms with Crippen LogP contribution in [0.3, 0.4) is 0 Å². The number of alkyl halides is 3. The SMILES string of the molecule is C#CCN(Cc1c(-c2ccc(C)cc2)nc2ccc(C)cn12)C(=O)c1ccc(C(F)(F)F)cc1. The van der Waals surface area contributed by atoms with Crippen LogP contribution in [0.4, 0.5) is 13.2 Å². The number of rotatable bonds is 5. The Hall–Kier alpha value is -4.05. The molecule has 0 unspecified atom stereocenters. The van der Waals surface area contributed by atoms with Crippen LogP contribution in [0.25, 0.3) is 16.9 Å². The molecule has 0 aliphatic carbocycles. The Bertz CT molecular complexity index is 1380. The lowest BCUT2D eigenvalue weighted by Crippen LogP contribution is -2.31. The number of benzene rings is 2. The third-order valence-corrected chi connectivity index (χ3v) is 5.56. The number of carbonyl (C=O) groups excluding carboxylic acids is 1. The Labute approximate surface area is 195 Å². The van der Waals surface area contributed by atoms with Gasteiger partial charge in [-0.1, -0.05) is 41.8 Å². The fourth-order valence-electron chi connectivity index (χ4n) is 3.77. The highest BCUT2D eigenvalue weighted by molar-refractivity contribution is 5.94. The molecule has 172 valence electrons. The lowest BCUT2D eigenvalue weighted by Gasteiger charge is -2.21. The molecule has 0 aliphatic heterocycles. The Balaban J connectivity index is 1.75. The van der Waals surface area contributed by atoms with Crippen molar-refractivity contribution in [3.8, 4) is 23.6 Å². The number of amides is 1. The maximum absolute atomic E-state index is 13.2. The summed E-state index contributed by atoms with van der Waals surface area (Å²) in [5.74, 6) is 2.03. The molecule has 4 aromatic rings. The Morgan fingerprint density at radius 1 is 1.00 bits per heavy atom. The number of terminal acetylenes is 1. The Kier molecular flexibility index (Phi) is 6.16. The van der Waals surface area contributed by atoms with E-state index in [0.29, 0.717) is 5.69 Å². The number of hydrogen-bond acceptors (Lipinski definition) is 2. The van der Waals surface area contributed by atoms with Crippen LogP contribution in [0.2, 0.25) is 0 Å². The molecule has 0 aliphatic rings. The van der Waals surface area contributed by atoms with Crippen LogP contribution in [0.5, 0.6) is 0 Å². The number of aromatic nitrogens is 2. The molecule has 0 atom stereocenters. The standard InChI is InChI=1S/C27H22F3N3O/c1-4-15-32(26(34)21-10-12-22(13-11-21)27(28,29)30)17-23-25(20-8-5-18(2)6-9-20)31-24-14-7-19(3)16-33(23)24/h1,5-14,16H,15,17H2,2-3H3. The van der Waals surface area contributed by atoms with Gasteiger partial charge in [0.25, 0.3) is 5.91 Å². The minimum Gasteiger partial charge on any atom is -0.322 e. The molecule has 2 heterocycles. The second-order valence-corrected chi connectivity index (χ2v) is 8.15. The summed E-state index contributed by atoms with van der Waals surface area (Å²) in [5, 5.41) is 0. The largest absolute Gasteiger partial charge is 0.416 e. The number of carbonyl (C=O) groups is 1. The summed E-state index contributed by atoms with van der Waals surface area (Å²) in [5.41, 5.74) is 4.53. The van der Waals surface area contributed by atoms with Gasteiger partial charge in [0.05, 0.1) is 30.0 Å². The van der Waals surface area contributed by atoms with Crippen molar-refractivity contribution in [2.75, 3.05) is 6.54 Å². The van der Waals surface area contributed by atoms with Crippen molar-refractivity contribution in [3.05, 3.63) is 94.8 Å². The summed E-state index contributed by atoms with van der Waals surface area (Å²) in [6.45, 7) is 4.08. The molecule has 4 rings (SSSR count). The number of halogens is 3. The number of fused-ring (bicyclic) bond motifs is 1. The van der Waals surface area contributed by atoms with Gasteiger partial charge < -0.3 is 9.30 Å². The zero-order valence-corrected chi connectivity index (χ0v) is 18.7. The lowest BCUT2D eigenvalue weighted by molar-refractivity contribution is -0.137. The van der Waals surface area contributed by atoms with Gasteiger partial charge in [0, 0.05) is 17.3 Å². The van der Waals surface area contributed by atoms with E-state index in [1.54, 1.807) is 0 Å². The van der Waals surface area contributed by atoms with Gasteiger partial charge in [0.2, 0.25) is 0 Å². The van der Waals surface area contributed by atoms with Crippen LogP contribution in [-0.2, 0) is 12.7 Å². The van der Waals surface area contributed by atoms with Gasteiger partial charge in [0.15, 0.2) is 0 Å². The van der Waals surface area contributed by atoms with Crippen LogP contribution in [0, 0.1) is 26.2 Å². The normalized spacial score (nSPS) is 11.4. The second-order valence-electron chi connectivity index (χ2n) is 8.15. The van der Waals surface area contributed by atoms with Crippen LogP contribution >= 0.6 is 0 Å². The first-order valence-electron chi connectivity index (χ1n) is 10.6. The molecule has 4 nitrogen and oxygen atoms in total. The van der Waals surface area contributed by atoms with Crippen molar-refractivity contribution in [2.45, 2.75) is 26.6 Å².